The summed E-state index contributed by atoms with van der Waals surface area (Å²) < 4.78 is 10.1. The van der Waals surface area contributed by atoms with Gasteiger partial charge in [-0.25, -0.2) is 9.59 Å². The van der Waals surface area contributed by atoms with Gasteiger partial charge in [0.15, 0.2) is 0 Å². The van der Waals surface area contributed by atoms with E-state index in [2.05, 4.69) is 11.4 Å². The number of hydrogen-bond donors (Lipinski definition) is 0. The standard InChI is InChI=1S/C15H22N2O4/c1-7-9-11(13(18)21-15(4,5)6)10(3)12(17-16)14(19)20-8-2/h7H,1,8-9H2,2-6H3/b11-10-. The van der Waals surface area contributed by atoms with Gasteiger partial charge in [-0.05, 0) is 41.0 Å². The highest BCUT2D eigenvalue weighted by Crippen LogP contribution is 2.17. The zero-order valence-corrected chi connectivity index (χ0v) is 13.2. The molecule has 0 unspecified atom stereocenters. The molecule has 6 nitrogen and oxygen atoms in total. The summed E-state index contributed by atoms with van der Waals surface area (Å²) in [6.45, 7) is 12.0. The number of nitrogens with zero attached hydrogens (tertiary/aromatic N) is 2. The lowest BCUT2D eigenvalue weighted by Gasteiger charge is -2.20. The zero-order chi connectivity index (χ0) is 16.6. The highest BCUT2D eigenvalue weighted by atomic mass is 16.6. The van der Waals surface area contributed by atoms with Gasteiger partial charge in [-0.3, -0.25) is 0 Å². The van der Waals surface area contributed by atoms with Gasteiger partial charge >= 0.3 is 17.7 Å². The van der Waals surface area contributed by atoms with Crippen LogP contribution >= 0.6 is 0 Å². The summed E-state index contributed by atoms with van der Waals surface area (Å²) in [5, 5.41) is 0. The van der Waals surface area contributed by atoms with Crippen molar-refractivity contribution in [2.24, 2.45) is 0 Å². The Kier molecular flexibility index (Phi) is 7.31. The average Bonchev–Trinajstić information content (AvgIpc) is 2.34. The van der Waals surface area contributed by atoms with Gasteiger partial charge in [0.05, 0.1) is 17.8 Å². The highest BCUT2D eigenvalue weighted by molar-refractivity contribution is 6.41. The average molecular weight is 294 g/mol. The Labute approximate surface area is 125 Å². The first-order valence-corrected chi connectivity index (χ1v) is 6.61. The smallest absolute Gasteiger partial charge is 0.421 e. The Hall–Kier alpha value is -2.20. The van der Waals surface area contributed by atoms with Crippen LogP contribution in [0.3, 0.4) is 0 Å². The molecule has 0 fully saturated rings. The quantitative estimate of drug-likeness (QED) is 0.188. The van der Waals surface area contributed by atoms with E-state index in [1.54, 1.807) is 27.7 Å². The number of rotatable bonds is 6. The van der Waals surface area contributed by atoms with E-state index in [0.717, 1.165) is 0 Å². The lowest BCUT2D eigenvalue weighted by Crippen LogP contribution is -2.27. The number of carbonyl (C=O) groups is 2. The summed E-state index contributed by atoms with van der Waals surface area (Å²) in [4.78, 5) is 26.8. The number of ether oxygens (including phenoxy) is 2. The van der Waals surface area contributed by atoms with Crippen molar-refractivity contribution in [3.05, 3.63) is 29.3 Å². The lowest BCUT2D eigenvalue weighted by molar-refractivity contribution is -0.150. The van der Waals surface area contributed by atoms with Crippen molar-refractivity contribution in [2.75, 3.05) is 6.61 Å². The summed E-state index contributed by atoms with van der Waals surface area (Å²) in [5.74, 6) is -1.40. The first-order valence-electron chi connectivity index (χ1n) is 6.61. The Morgan fingerprint density at radius 2 is 1.86 bits per heavy atom. The van der Waals surface area contributed by atoms with Crippen LogP contribution in [0, 0.1) is 0 Å². The molecule has 0 radical (unpaired) electrons. The molecule has 0 N–H and O–H groups in total. The summed E-state index contributed by atoms with van der Waals surface area (Å²) in [6.07, 6.45) is 1.68. The second-order valence-corrected chi connectivity index (χ2v) is 5.27. The molecule has 0 aliphatic carbocycles. The Bertz CT molecular complexity index is 506. The Morgan fingerprint density at radius 3 is 2.24 bits per heavy atom. The molecule has 0 aromatic carbocycles. The minimum atomic E-state index is -0.803. The number of allylic oxidation sites excluding steroid dienone is 1. The van der Waals surface area contributed by atoms with Crippen LogP contribution in [0.1, 0.15) is 41.0 Å². The molecular weight excluding hydrogens is 272 g/mol. The monoisotopic (exact) mass is 294 g/mol. The van der Waals surface area contributed by atoms with Crippen molar-refractivity contribution in [1.82, 2.24) is 0 Å². The minimum Gasteiger partial charge on any atom is -0.457 e. The van der Waals surface area contributed by atoms with E-state index in [0.29, 0.717) is 0 Å². The largest absolute Gasteiger partial charge is 0.457 e. The van der Waals surface area contributed by atoms with Crippen molar-refractivity contribution < 1.29 is 23.9 Å². The van der Waals surface area contributed by atoms with Crippen LogP contribution in [-0.4, -0.2) is 34.6 Å². The first kappa shape index (κ1) is 18.8. The second-order valence-electron chi connectivity index (χ2n) is 5.27. The molecule has 0 amide bonds. The van der Waals surface area contributed by atoms with E-state index >= 15 is 0 Å². The zero-order valence-electron chi connectivity index (χ0n) is 13.2. The predicted molar refractivity (Wildman–Crippen MR) is 78.6 cm³/mol. The second kappa shape index (κ2) is 8.17. The Morgan fingerprint density at radius 1 is 1.29 bits per heavy atom. The number of carbonyl (C=O) groups excluding carboxylic acids is 2. The van der Waals surface area contributed by atoms with Gasteiger partial charge in [0.2, 0.25) is 0 Å². The van der Waals surface area contributed by atoms with Crippen LogP contribution in [0.2, 0.25) is 0 Å². The summed E-state index contributed by atoms with van der Waals surface area (Å²) in [7, 11) is 0. The maximum atomic E-state index is 12.2. The molecule has 0 aromatic heterocycles. The summed E-state index contributed by atoms with van der Waals surface area (Å²) >= 11 is 0. The SMILES string of the molecule is C=CC/C(C(=O)OC(C)(C)C)=C(\C)C(=[N+]=[N-])C(=O)OCC. The van der Waals surface area contributed by atoms with Crippen LogP contribution in [0.4, 0.5) is 0 Å². The topological polar surface area (TPSA) is 89.0 Å². The van der Waals surface area contributed by atoms with Crippen molar-refractivity contribution in [3.8, 4) is 0 Å². The lowest BCUT2D eigenvalue weighted by atomic mass is 10.0. The third-order valence-corrected chi connectivity index (χ3v) is 2.37. The molecule has 0 rings (SSSR count). The fourth-order valence-electron chi connectivity index (χ4n) is 1.48. The molecule has 0 saturated carbocycles. The summed E-state index contributed by atoms with van der Waals surface area (Å²) in [5.41, 5.74) is 8.40. The maximum absolute atomic E-state index is 12.2. The van der Waals surface area contributed by atoms with Gasteiger partial charge in [-0.2, -0.15) is 4.79 Å². The van der Waals surface area contributed by atoms with Crippen LogP contribution in [0.25, 0.3) is 5.53 Å². The molecule has 0 spiro atoms. The molecule has 0 bridgehead atoms. The highest BCUT2D eigenvalue weighted by Gasteiger charge is 2.30. The molecule has 21 heavy (non-hydrogen) atoms. The maximum Gasteiger partial charge on any atom is 0.421 e. The van der Waals surface area contributed by atoms with E-state index in [-0.39, 0.29) is 29.9 Å². The molecule has 0 aliphatic heterocycles. The fourth-order valence-corrected chi connectivity index (χ4v) is 1.48. The van der Waals surface area contributed by atoms with E-state index in [1.165, 1.54) is 13.0 Å². The van der Waals surface area contributed by atoms with Crippen molar-refractivity contribution in [1.29, 1.82) is 0 Å². The molecular formula is C15H22N2O4. The van der Waals surface area contributed by atoms with E-state index < -0.39 is 17.5 Å². The number of hydrogen-bond acceptors (Lipinski definition) is 4. The van der Waals surface area contributed by atoms with Crippen LogP contribution in [0.5, 0.6) is 0 Å². The predicted octanol–water partition coefficient (Wildman–Crippen LogP) is 2.45. The van der Waals surface area contributed by atoms with Gasteiger partial charge in [0.1, 0.15) is 5.60 Å². The number of esters is 2. The van der Waals surface area contributed by atoms with E-state index in [4.69, 9.17) is 15.0 Å². The Balaban J connectivity index is 5.67. The van der Waals surface area contributed by atoms with Crippen molar-refractivity contribution in [3.63, 3.8) is 0 Å². The molecule has 0 aliphatic rings. The van der Waals surface area contributed by atoms with Gasteiger partial charge in [-0.15, -0.1) is 6.58 Å². The third kappa shape index (κ3) is 6.19. The van der Waals surface area contributed by atoms with Gasteiger partial charge < -0.3 is 15.0 Å². The molecule has 0 heterocycles. The van der Waals surface area contributed by atoms with Crippen molar-refractivity contribution >= 4 is 17.7 Å². The van der Waals surface area contributed by atoms with Crippen LogP contribution in [-0.2, 0) is 19.1 Å². The van der Waals surface area contributed by atoms with Gasteiger partial charge in [0.25, 0.3) is 0 Å². The fraction of sp³-hybridized carbons (Fsp3) is 0.533. The van der Waals surface area contributed by atoms with Crippen LogP contribution in [0.15, 0.2) is 23.8 Å². The minimum absolute atomic E-state index is 0.133. The molecule has 0 atom stereocenters. The van der Waals surface area contributed by atoms with E-state index in [1.807, 2.05) is 0 Å². The van der Waals surface area contributed by atoms with Gasteiger partial charge in [-0.1, -0.05) is 6.08 Å². The molecule has 6 heteroatoms. The van der Waals surface area contributed by atoms with Crippen molar-refractivity contribution in [2.45, 2.75) is 46.6 Å². The van der Waals surface area contributed by atoms with E-state index in [9.17, 15) is 9.59 Å². The van der Waals surface area contributed by atoms with Crippen LogP contribution < -0.4 is 0 Å². The molecule has 0 saturated heterocycles. The molecule has 116 valence electrons. The first-order chi connectivity index (χ1) is 9.67. The summed E-state index contributed by atoms with van der Waals surface area (Å²) in [6, 6.07) is 0. The molecule has 0 aromatic rings. The van der Waals surface area contributed by atoms with Gasteiger partial charge in [0, 0.05) is 0 Å². The third-order valence-electron chi connectivity index (χ3n) is 2.37. The normalized spacial score (nSPS) is 11.9.